The van der Waals surface area contributed by atoms with Crippen LogP contribution in [0.4, 0.5) is 0 Å². The van der Waals surface area contributed by atoms with E-state index >= 15 is 0 Å². The zero-order chi connectivity index (χ0) is 17.2. The highest BCUT2D eigenvalue weighted by molar-refractivity contribution is 6.00. The van der Waals surface area contributed by atoms with Gasteiger partial charge in [0.2, 0.25) is 5.91 Å². The molecule has 3 rings (SSSR count). The number of aromatic amines is 1. The Hall–Kier alpha value is -2.18. The third-order valence-corrected chi connectivity index (χ3v) is 5.23. The lowest BCUT2D eigenvalue weighted by molar-refractivity contribution is -0.127. The molecule has 0 bridgehead atoms. The molecule has 0 radical (unpaired) electrons. The van der Waals surface area contributed by atoms with Crippen LogP contribution in [0.25, 0.3) is 0 Å². The lowest BCUT2D eigenvalue weighted by atomic mass is 10.1. The molecule has 0 saturated heterocycles. The van der Waals surface area contributed by atoms with Crippen LogP contribution in [0, 0.1) is 0 Å². The van der Waals surface area contributed by atoms with Crippen molar-refractivity contribution in [1.82, 2.24) is 20.4 Å². The van der Waals surface area contributed by atoms with Gasteiger partial charge in [0.25, 0.3) is 5.91 Å². The number of likely N-dealkylation sites (N-methyl/N-ethyl adjacent to an activating group) is 1. The molecule has 2 fully saturated rings. The Morgan fingerprint density at radius 1 is 1.29 bits per heavy atom. The maximum atomic E-state index is 12.8. The Morgan fingerprint density at radius 2 is 1.96 bits per heavy atom. The summed E-state index contributed by atoms with van der Waals surface area (Å²) in [6.45, 7) is 0. The number of rotatable bonds is 5. The molecule has 2 amide bonds. The van der Waals surface area contributed by atoms with Gasteiger partial charge in [-0.15, -0.1) is 0 Å². The number of nitrogens with zero attached hydrogens (tertiary/aromatic N) is 2. The average molecular weight is 332 g/mol. The summed E-state index contributed by atoms with van der Waals surface area (Å²) in [6.07, 6.45) is 8.72. The van der Waals surface area contributed by atoms with E-state index in [2.05, 4.69) is 15.5 Å². The fourth-order valence-corrected chi connectivity index (χ4v) is 3.45. The van der Waals surface area contributed by atoms with Gasteiger partial charge in [0.15, 0.2) is 12.0 Å². The first-order valence-electron chi connectivity index (χ1n) is 8.66. The predicted octanol–water partition coefficient (Wildman–Crippen LogP) is 1.67. The minimum absolute atomic E-state index is 0.0589. The Kier molecular flexibility index (Phi) is 4.69. The Morgan fingerprint density at radius 3 is 2.50 bits per heavy atom. The molecular formula is C17H24N4O3. The highest BCUT2D eigenvalue weighted by Crippen LogP contribution is 2.42. The summed E-state index contributed by atoms with van der Waals surface area (Å²) in [5.41, 5.74) is -0.350. The first-order valence-corrected chi connectivity index (χ1v) is 8.66. The van der Waals surface area contributed by atoms with Gasteiger partial charge in [0, 0.05) is 13.1 Å². The summed E-state index contributed by atoms with van der Waals surface area (Å²) in [4.78, 5) is 37.5. The van der Waals surface area contributed by atoms with Crippen molar-refractivity contribution in [1.29, 1.82) is 0 Å². The van der Waals surface area contributed by atoms with Gasteiger partial charge in [0.1, 0.15) is 5.54 Å². The minimum atomic E-state index is -0.760. The van der Waals surface area contributed by atoms with Crippen molar-refractivity contribution in [3.63, 3.8) is 0 Å². The Bertz CT molecular complexity index is 628. The Balaban J connectivity index is 1.66. The fraction of sp³-hybridized carbons (Fsp3) is 0.647. The minimum Gasteiger partial charge on any atom is -0.351 e. The van der Waals surface area contributed by atoms with Crippen LogP contribution in [0.2, 0.25) is 0 Å². The van der Waals surface area contributed by atoms with Crippen LogP contribution in [-0.2, 0) is 4.79 Å². The number of carbonyl (C=O) groups excluding carboxylic acids is 3. The average Bonchev–Trinajstić information content (AvgIpc) is 3.32. The van der Waals surface area contributed by atoms with Crippen molar-refractivity contribution >= 4 is 18.1 Å². The second kappa shape index (κ2) is 6.75. The summed E-state index contributed by atoms with van der Waals surface area (Å²) in [5.74, 6) is -0.399. The number of amides is 2. The van der Waals surface area contributed by atoms with E-state index in [9.17, 15) is 14.4 Å². The number of H-pyrrole nitrogens is 1. The molecule has 0 aromatic carbocycles. The lowest BCUT2D eigenvalue weighted by Crippen LogP contribution is -2.52. The molecule has 24 heavy (non-hydrogen) atoms. The molecule has 2 aliphatic rings. The highest BCUT2D eigenvalue weighted by atomic mass is 16.2. The number of hydrogen-bond acceptors (Lipinski definition) is 4. The Labute approximate surface area is 141 Å². The second-order valence-electron chi connectivity index (χ2n) is 6.88. The first-order chi connectivity index (χ1) is 11.6. The van der Waals surface area contributed by atoms with Gasteiger partial charge in [-0.1, -0.05) is 25.7 Å². The van der Waals surface area contributed by atoms with Crippen LogP contribution in [0.15, 0.2) is 6.07 Å². The summed E-state index contributed by atoms with van der Waals surface area (Å²) >= 11 is 0. The molecule has 0 aliphatic heterocycles. The third-order valence-electron chi connectivity index (χ3n) is 5.23. The van der Waals surface area contributed by atoms with Gasteiger partial charge >= 0.3 is 0 Å². The van der Waals surface area contributed by atoms with Crippen LogP contribution < -0.4 is 5.32 Å². The number of aldehydes is 1. The molecule has 1 heterocycles. The molecule has 130 valence electrons. The van der Waals surface area contributed by atoms with Crippen molar-refractivity contribution in [3.8, 4) is 0 Å². The molecule has 0 atom stereocenters. The van der Waals surface area contributed by atoms with Crippen molar-refractivity contribution in [2.24, 2.45) is 0 Å². The maximum absolute atomic E-state index is 12.8. The summed E-state index contributed by atoms with van der Waals surface area (Å²) in [7, 11) is 1.64. The van der Waals surface area contributed by atoms with Crippen molar-refractivity contribution in [3.05, 3.63) is 17.5 Å². The largest absolute Gasteiger partial charge is 0.351 e. The van der Waals surface area contributed by atoms with E-state index in [4.69, 9.17) is 0 Å². The van der Waals surface area contributed by atoms with Crippen molar-refractivity contribution in [2.75, 3.05) is 7.05 Å². The number of hydrogen-bond donors (Lipinski definition) is 2. The normalized spacial score (nSPS) is 20.0. The fourth-order valence-electron chi connectivity index (χ4n) is 3.45. The number of carbonyl (C=O) groups is 3. The van der Waals surface area contributed by atoms with E-state index in [1.807, 2.05) is 0 Å². The second-order valence-corrected chi connectivity index (χ2v) is 6.88. The van der Waals surface area contributed by atoms with Gasteiger partial charge < -0.3 is 10.2 Å². The summed E-state index contributed by atoms with van der Waals surface area (Å²) < 4.78 is 0. The first kappa shape index (κ1) is 16.7. The zero-order valence-electron chi connectivity index (χ0n) is 14.0. The molecular weight excluding hydrogens is 308 g/mol. The molecule has 1 aromatic heterocycles. The topological polar surface area (TPSA) is 95.2 Å². The molecule has 0 unspecified atom stereocenters. The monoisotopic (exact) mass is 332 g/mol. The molecule has 2 N–H and O–H groups in total. The van der Waals surface area contributed by atoms with E-state index in [1.165, 1.54) is 23.8 Å². The van der Waals surface area contributed by atoms with Crippen LogP contribution >= 0.6 is 0 Å². The highest BCUT2D eigenvalue weighted by Gasteiger charge is 2.55. The van der Waals surface area contributed by atoms with E-state index in [-0.39, 0.29) is 29.2 Å². The van der Waals surface area contributed by atoms with E-state index in [1.54, 1.807) is 7.05 Å². The number of nitrogens with one attached hydrogen (secondary N) is 2. The third kappa shape index (κ3) is 3.20. The maximum Gasteiger partial charge on any atom is 0.275 e. The molecule has 1 aromatic rings. The van der Waals surface area contributed by atoms with Gasteiger partial charge in [-0.2, -0.15) is 5.10 Å². The molecule has 2 saturated carbocycles. The quantitative estimate of drug-likeness (QED) is 0.633. The van der Waals surface area contributed by atoms with Gasteiger partial charge in [0.05, 0.1) is 5.69 Å². The standard InChI is InChI=1S/C17H24N4O3/c1-21(15(23)14-10-13(11-22)19-20-14)17(8-9-17)16(24)18-12-6-4-2-3-5-7-12/h10-12H,2-9H2,1H3,(H,18,24)(H,19,20). The van der Waals surface area contributed by atoms with Gasteiger partial charge in [-0.3, -0.25) is 19.5 Å². The number of aromatic nitrogens is 2. The van der Waals surface area contributed by atoms with Crippen molar-refractivity contribution in [2.45, 2.75) is 62.9 Å². The molecule has 2 aliphatic carbocycles. The van der Waals surface area contributed by atoms with E-state index < -0.39 is 5.54 Å². The lowest BCUT2D eigenvalue weighted by Gasteiger charge is -2.28. The summed E-state index contributed by atoms with van der Waals surface area (Å²) in [5, 5.41) is 9.50. The van der Waals surface area contributed by atoms with Crippen molar-refractivity contribution < 1.29 is 14.4 Å². The molecule has 7 nitrogen and oxygen atoms in total. The van der Waals surface area contributed by atoms with E-state index in [0.717, 1.165) is 25.7 Å². The smallest absolute Gasteiger partial charge is 0.275 e. The summed E-state index contributed by atoms with van der Waals surface area (Å²) in [6, 6.07) is 1.62. The SMILES string of the molecule is CN(C(=O)c1cc(C=O)[nH]n1)C1(C(=O)NC2CCCCCC2)CC1. The van der Waals surface area contributed by atoms with Gasteiger partial charge in [-0.05, 0) is 31.7 Å². The van der Waals surface area contributed by atoms with Crippen LogP contribution in [0.5, 0.6) is 0 Å². The predicted molar refractivity (Wildman–Crippen MR) is 87.7 cm³/mol. The zero-order valence-corrected chi connectivity index (χ0v) is 14.0. The van der Waals surface area contributed by atoms with E-state index in [0.29, 0.717) is 19.1 Å². The van der Waals surface area contributed by atoms with Gasteiger partial charge in [-0.25, -0.2) is 0 Å². The van der Waals surface area contributed by atoms with Crippen LogP contribution in [0.1, 0.15) is 72.3 Å². The van der Waals surface area contributed by atoms with Crippen LogP contribution in [-0.4, -0.2) is 51.8 Å². The van der Waals surface area contributed by atoms with Crippen LogP contribution in [0.3, 0.4) is 0 Å². The molecule has 0 spiro atoms. The molecule has 7 heteroatoms.